The van der Waals surface area contributed by atoms with E-state index in [1.54, 1.807) is 0 Å². The van der Waals surface area contributed by atoms with Crippen molar-refractivity contribution in [3.8, 4) is 5.75 Å². The van der Waals surface area contributed by atoms with Crippen LogP contribution in [-0.2, 0) is 31.9 Å². The van der Waals surface area contributed by atoms with E-state index in [9.17, 15) is 14.5 Å². The SMILES string of the molecule is Cc1ncc(COP(=O)(O)O)c(CNOCC(=O)O)c1O. The third kappa shape index (κ3) is 6.17. The molecule has 11 heteroatoms. The highest BCUT2D eigenvalue weighted by molar-refractivity contribution is 7.46. The monoisotopic (exact) mass is 322 g/mol. The van der Waals surface area contributed by atoms with Crippen molar-refractivity contribution in [1.29, 1.82) is 0 Å². The number of hydroxylamine groups is 1. The van der Waals surface area contributed by atoms with Crippen molar-refractivity contribution in [1.82, 2.24) is 10.5 Å². The zero-order chi connectivity index (χ0) is 16.0. The first kappa shape index (κ1) is 17.5. The Morgan fingerprint density at radius 2 is 2.14 bits per heavy atom. The molecule has 0 unspecified atom stereocenters. The number of phosphoric ester groups is 1. The summed E-state index contributed by atoms with van der Waals surface area (Å²) in [5.74, 6) is -1.38. The molecule has 0 fully saturated rings. The lowest BCUT2D eigenvalue weighted by Gasteiger charge is -2.14. The molecule has 0 aliphatic carbocycles. The molecule has 0 atom stereocenters. The molecule has 0 aromatic carbocycles. The van der Waals surface area contributed by atoms with Gasteiger partial charge in [0.15, 0.2) is 6.61 Å². The second kappa shape index (κ2) is 7.46. The van der Waals surface area contributed by atoms with Crippen LogP contribution in [0.1, 0.15) is 16.8 Å². The van der Waals surface area contributed by atoms with Gasteiger partial charge in [-0.2, -0.15) is 5.48 Å². The van der Waals surface area contributed by atoms with Gasteiger partial charge in [0.25, 0.3) is 0 Å². The Labute approximate surface area is 119 Å². The van der Waals surface area contributed by atoms with Gasteiger partial charge in [0, 0.05) is 17.3 Å². The largest absolute Gasteiger partial charge is 0.506 e. The molecule has 0 radical (unpaired) electrons. The summed E-state index contributed by atoms with van der Waals surface area (Å²) >= 11 is 0. The number of aromatic hydroxyl groups is 1. The highest BCUT2D eigenvalue weighted by Crippen LogP contribution is 2.38. The highest BCUT2D eigenvalue weighted by Gasteiger charge is 2.18. The van der Waals surface area contributed by atoms with Crippen LogP contribution in [0.2, 0.25) is 0 Å². The first-order chi connectivity index (χ1) is 9.70. The predicted molar refractivity (Wildman–Crippen MR) is 67.9 cm³/mol. The number of aliphatic carboxylic acids is 1. The lowest BCUT2D eigenvalue weighted by molar-refractivity contribution is -0.145. The lowest BCUT2D eigenvalue weighted by Crippen LogP contribution is -2.20. The fourth-order valence-corrected chi connectivity index (χ4v) is 1.70. The van der Waals surface area contributed by atoms with Crippen LogP contribution >= 0.6 is 7.82 Å². The van der Waals surface area contributed by atoms with Crippen molar-refractivity contribution in [2.24, 2.45) is 0 Å². The summed E-state index contributed by atoms with van der Waals surface area (Å²) < 4.78 is 15.0. The van der Waals surface area contributed by atoms with Crippen molar-refractivity contribution in [2.75, 3.05) is 6.61 Å². The van der Waals surface area contributed by atoms with Crippen molar-refractivity contribution in [3.63, 3.8) is 0 Å². The molecule has 0 saturated heterocycles. The average Bonchev–Trinajstić information content (AvgIpc) is 2.36. The first-order valence-corrected chi connectivity index (χ1v) is 7.16. The summed E-state index contributed by atoms with van der Waals surface area (Å²) in [6.07, 6.45) is 1.29. The minimum Gasteiger partial charge on any atom is -0.506 e. The Morgan fingerprint density at radius 3 is 2.71 bits per heavy atom. The number of nitrogens with one attached hydrogen (secondary N) is 1. The molecule has 10 nitrogen and oxygen atoms in total. The van der Waals surface area contributed by atoms with Gasteiger partial charge in [0.05, 0.1) is 18.8 Å². The van der Waals surface area contributed by atoms with E-state index in [1.807, 2.05) is 0 Å². The number of carbonyl (C=O) groups is 1. The van der Waals surface area contributed by atoms with Gasteiger partial charge in [0.2, 0.25) is 0 Å². The number of aromatic nitrogens is 1. The van der Waals surface area contributed by atoms with Gasteiger partial charge in [0.1, 0.15) is 5.75 Å². The number of nitrogens with zero attached hydrogens (tertiary/aromatic N) is 1. The van der Waals surface area contributed by atoms with Crippen LogP contribution in [0.4, 0.5) is 0 Å². The van der Waals surface area contributed by atoms with E-state index in [1.165, 1.54) is 13.1 Å². The normalized spacial score (nSPS) is 11.6. The van der Waals surface area contributed by atoms with E-state index in [0.717, 1.165) is 0 Å². The van der Waals surface area contributed by atoms with Crippen LogP contribution in [0.25, 0.3) is 0 Å². The summed E-state index contributed by atoms with van der Waals surface area (Å²) in [6, 6.07) is 0. The summed E-state index contributed by atoms with van der Waals surface area (Å²) in [5, 5.41) is 18.3. The molecular weight excluding hydrogens is 307 g/mol. The molecule has 0 aliphatic rings. The summed E-state index contributed by atoms with van der Waals surface area (Å²) in [7, 11) is -4.66. The van der Waals surface area contributed by atoms with E-state index in [2.05, 4.69) is 19.8 Å². The molecule has 0 spiro atoms. The standard InChI is InChI=1S/C10H15N2O8P/c1-6-10(15)8(3-12-19-5-9(13)14)7(2-11-6)4-20-21(16,17)18/h2,12,15H,3-5H2,1H3,(H,13,14)(H2,16,17,18). The molecule has 21 heavy (non-hydrogen) atoms. The lowest BCUT2D eigenvalue weighted by atomic mass is 10.1. The maximum atomic E-state index is 10.7. The Bertz CT molecular complexity index is 558. The highest BCUT2D eigenvalue weighted by atomic mass is 31.2. The number of pyridine rings is 1. The molecule has 0 saturated carbocycles. The number of hydrogen-bond acceptors (Lipinski definition) is 7. The maximum absolute atomic E-state index is 10.7. The third-order valence-electron chi connectivity index (χ3n) is 2.37. The van der Waals surface area contributed by atoms with Crippen LogP contribution in [0.15, 0.2) is 6.20 Å². The van der Waals surface area contributed by atoms with Gasteiger partial charge >= 0.3 is 13.8 Å². The maximum Gasteiger partial charge on any atom is 0.469 e. The van der Waals surface area contributed by atoms with Gasteiger partial charge in [-0.15, -0.1) is 0 Å². The first-order valence-electron chi connectivity index (χ1n) is 5.63. The minimum absolute atomic E-state index is 0.0949. The van der Waals surface area contributed by atoms with Gasteiger partial charge in [-0.25, -0.2) is 9.36 Å². The number of phosphoric acid groups is 1. The summed E-state index contributed by atoms with van der Waals surface area (Å²) in [5.41, 5.74) is 3.08. The zero-order valence-corrected chi connectivity index (χ0v) is 11.9. The van der Waals surface area contributed by atoms with E-state index >= 15 is 0 Å². The smallest absolute Gasteiger partial charge is 0.469 e. The zero-order valence-electron chi connectivity index (χ0n) is 11.0. The van der Waals surface area contributed by atoms with Crippen molar-refractivity contribution < 1.29 is 38.7 Å². The van der Waals surface area contributed by atoms with Crippen LogP contribution in [0, 0.1) is 6.92 Å². The molecule has 1 aromatic heterocycles. The predicted octanol–water partition coefficient (Wildman–Crippen LogP) is -0.189. The average molecular weight is 322 g/mol. The Balaban J connectivity index is 2.80. The summed E-state index contributed by atoms with van der Waals surface area (Å²) in [4.78, 5) is 36.1. The van der Waals surface area contributed by atoms with Gasteiger partial charge in [-0.1, -0.05) is 0 Å². The minimum atomic E-state index is -4.66. The van der Waals surface area contributed by atoms with E-state index in [-0.39, 0.29) is 23.4 Å². The molecule has 1 rings (SSSR count). The van der Waals surface area contributed by atoms with Crippen molar-refractivity contribution in [3.05, 3.63) is 23.0 Å². The molecule has 1 heterocycles. The molecule has 118 valence electrons. The van der Waals surface area contributed by atoms with Crippen molar-refractivity contribution in [2.45, 2.75) is 20.1 Å². The topological polar surface area (TPSA) is 158 Å². The van der Waals surface area contributed by atoms with E-state index < -0.39 is 27.0 Å². The summed E-state index contributed by atoms with van der Waals surface area (Å²) in [6.45, 7) is 0.382. The van der Waals surface area contributed by atoms with Gasteiger partial charge < -0.3 is 20.0 Å². The number of hydrogen-bond donors (Lipinski definition) is 5. The van der Waals surface area contributed by atoms with Gasteiger partial charge in [-0.05, 0) is 6.92 Å². The second-order valence-corrected chi connectivity index (χ2v) is 5.20. The van der Waals surface area contributed by atoms with Crippen molar-refractivity contribution >= 4 is 13.8 Å². The fraction of sp³-hybridized carbons (Fsp3) is 0.400. The van der Waals surface area contributed by atoms with Crippen LogP contribution in [0.5, 0.6) is 5.75 Å². The van der Waals surface area contributed by atoms with Crippen LogP contribution in [0.3, 0.4) is 0 Å². The van der Waals surface area contributed by atoms with E-state index in [0.29, 0.717) is 5.69 Å². The fourth-order valence-electron chi connectivity index (χ4n) is 1.40. The Hall–Kier alpha value is -1.55. The van der Waals surface area contributed by atoms with Crippen LogP contribution in [-0.4, -0.2) is 37.6 Å². The van der Waals surface area contributed by atoms with Crippen LogP contribution < -0.4 is 5.48 Å². The third-order valence-corrected chi connectivity index (χ3v) is 2.83. The molecule has 5 N–H and O–H groups in total. The molecule has 0 aliphatic heterocycles. The molecule has 1 aromatic rings. The van der Waals surface area contributed by atoms with Gasteiger partial charge in [-0.3, -0.25) is 14.3 Å². The number of carboxylic acids is 1. The number of carboxylic acid groups (broad SMARTS) is 1. The quantitative estimate of drug-likeness (QED) is 0.247. The Morgan fingerprint density at radius 1 is 1.48 bits per heavy atom. The molecule has 0 amide bonds. The molecule has 0 bridgehead atoms. The number of aryl methyl sites for hydroxylation is 1. The number of rotatable bonds is 8. The van der Waals surface area contributed by atoms with E-state index in [4.69, 9.17) is 14.9 Å². The molecular formula is C10H15N2O8P. The second-order valence-electron chi connectivity index (χ2n) is 3.96. The Kier molecular flexibility index (Phi) is 6.21.